The van der Waals surface area contributed by atoms with E-state index in [1.165, 1.54) is 30.6 Å². The summed E-state index contributed by atoms with van der Waals surface area (Å²) in [6.45, 7) is 7.37. The lowest BCUT2D eigenvalue weighted by molar-refractivity contribution is 0.0988. The third-order valence-electron chi connectivity index (χ3n) is 4.18. The van der Waals surface area contributed by atoms with Crippen molar-refractivity contribution in [1.29, 1.82) is 0 Å². The summed E-state index contributed by atoms with van der Waals surface area (Å²) in [5, 5.41) is 4.31. The van der Waals surface area contributed by atoms with Crippen LogP contribution >= 0.6 is 12.4 Å². The lowest BCUT2D eigenvalue weighted by Crippen LogP contribution is -2.48. The number of rotatable bonds is 3. The van der Waals surface area contributed by atoms with Crippen molar-refractivity contribution >= 4 is 12.4 Å². The molecular weight excluding hydrogens is 248 g/mol. The molecule has 0 amide bonds. The second-order valence-corrected chi connectivity index (χ2v) is 5.27. The largest absolute Gasteiger partial charge is 0.329 e. The van der Waals surface area contributed by atoms with Crippen LogP contribution in [0.2, 0.25) is 0 Å². The summed E-state index contributed by atoms with van der Waals surface area (Å²) in [5.74, 6) is 0.714. The minimum absolute atomic E-state index is 0. The Morgan fingerprint density at radius 3 is 2.78 bits per heavy atom. The van der Waals surface area contributed by atoms with E-state index in [1.54, 1.807) is 0 Å². The van der Waals surface area contributed by atoms with Gasteiger partial charge in [0.15, 0.2) is 0 Å². The second kappa shape index (κ2) is 6.55. The van der Waals surface area contributed by atoms with Crippen LogP contribution in [0.1, 0.15) is 31.0 Å². The predicted octanol–water partition coefficient (Wildman–Crippen LogP) is 1.71. The Morgan fingerprint density at radius 1 is 1.50 bits per heavy atom. The highest BCUT2D eigenvalue weighted by molar-refractivity contribution is 5.85. The first-order valence-electron chi connectivity index (χ1n) is 6.55. The van der Waals surface area contributed by atoms with Crippen molar-refractivity contribution in [3.8, 4) is 0 Å². The van der Waals surface area contributed by atoms with Gasteiger partial charge >= 0.3 is 0 Å². The van der Waals surface area contributed by atoms with Gasteiger partial charge in [0.2, 0.25) is 0 Å². The van der Waals surface area contributed by atoms with E-state index >= 15 is 0 Å². The number of hydrogen-bond donors (Lipinski definition) is 1. The average Bonchev–Trinajstić information content (AvgIpc) is 2.61. The number of nitrogens with zero attached hydrogens (tertiary/aromatic N) is 3. The molecule has 2 heterocycles. The summed E-state index contributed by atoms with van der Waals surface area (Å²) in [5.41, 5.74) is 8.51. The Bertz CT molecular complexity index is 377. The fourth-order valence-corrected chi connectivity index (χ4v) is 2.83. The monoisotopic (exact) mass is 272 g/mol. The molecule has 1 aliphatic heterocycles. The maximum absolute atomic E-state index is 5.92. The van der Waals surface area contributed by atoms with E-state index in [1.807, 2.05) is 17.9 Å². The molecule has 0 radical (unpaired) electrons. The molecule has 1 aromatic heterocycles. The topological polar surface area (TPSA) is 47.1 Å². The molecule has 18 heavy (non-hydrogen) atoms. The van der Waals surface area contributed by atoms with Gasteiger partial charge in [0.05, 0.1) is 6.20 Å². The van der Waals surface area contributed by atoms with Crippen molar-refractivity contribution in [2.24, 2.45) is 18.7 Å². The maximum Gasteiger partial charge on any atom is 0.0537 e. The summed E-state index contributed by atoms with van der Waals surface area (Å²) in [4.78, 5) is 2.53. The number of nitrogens with two attached hydrogens (primary N) is 1. The molecule has 1 saturated heterocycles. The molecule has 5 heteroatoms. The van der Waals surface area contributed by atoms with E-state index in [9.17, 15) is 0 Å². The molecule has 0 aliphatic carbocycles. The van der Waals surface area contributed by atoms with Crippen molar-refractivity contribution in [1.82, 2.24) is 14.7 Å². The summed E-state index contributed by atoms with van der Waals surface area (Å²) >= 11 is 0. The van der Waals surface area contributed by atoms with Crippen molar-refractivity contribution in [3.05, 3.63) is 17.5 Å². The van der Waals surface area contributed by atoms with Crippen molar-refractivity contribution in [3.63, 3.8) is 0 Å². The molecule has 4 nitrogen and oxygen atoms in total. The zero-order chi connectivity index (χ0) is 12.4. The molecule has 0 saturated carbocycles. The van der Waals surface area contributed by atoms with Crippen LogP contribution < -0.4 is 5.73 Å². The number of aromatic nitrogens is 2. The normalized spacial score (nSPS) is 24.9. The van der Waals surface area contributed by atoms with E-state index in [0.717, 1.165) is 13.1 Å². The van der Waals surface area contributed by atoms with Crippen LogP contribution in [0, 0.1) is 12.8 Å². The highest BCUT2D eigenvalue weighted by atomic mass is 35.5. The van der Waals surface area contributed by atoms with Gasteiger partial charge in [0, 0.05) is 37.4 Å². The molecule has 2 rings (SSSR count). The quantitative estimate of drug-likeness (QED) is 0.911. The summed E-state index contributed by atoms with van der Waals surface area (Å²) in [6, 6.07) is 0.531. The Labute approximate surface area is 116 Å². The Hall–Kier alpha value is -0.580. The van der Waals surface area contributed by atoms with Crippen LogP contribution in [0.4, 0.5) is 0 Å². The van der Waals surface area contributed by atoms with E-state index in [-0.39, 0.29) is 12.4 Å². The van der Waals surface area contributed by atoms with E-state index < -0.39 is 0 Å². The van der Waals surface area contributed by atoms with E-state index in [2.05, 4.69) is 23.8 Å². The summed E-state index contributed by atoms with van der Waals surface area (Å²) in [7, 11) is 2.00. The van der Waals surface area contributed by atoms with Crippen molar-refractivity contribution in [2.75, 3.05) is 13.1 Å². The number of aryl methyl sites for hydroxylation is 1. The van der Waals surface area contributed by atoms with Crippen molar-refractivity contribution < 1.29 is 0 Å². The molecule has 2 N–H and O–H groups in total. The van der Waals surface area contributed by atoms with Gasteiger partial charge in [-0.25, -0.2) is 0 Å². The number of halogens is 1. The molecule has 1 fully saturated rings. The zero-order valence-corrected chi connectivity index (χ0v) is 12.4. The predicted molar refractivity (Wildman–Crippen MR) is 76.8 cm³/mol. The standard InChI is InChI=1S/C13H24N4.ClH/c1-10-5-4-6-17(13(10)7-14)9-12-8-15-16(3)11(12)2;/h8,10,13H,4-7,9,14H2,1-3H3;1H. The Morgan fingerprint density at radius 2 is 2.22 bits per heavy atom. The molecule has 1 aliphatic rings. The van der Waals surface area contributed by atoms with Gasteiger partial charge in [0.1, 0.15) is 0 Å². The lowest BCUT2D eigenvalue weighted by atomic mass is 9.90. The summed E-state index contributed by atoms with van der Waals surface area (Å²) < 4.78 is 1.94. The molecular formula is C13H25ClN4. The minimum atomic E-state index is 0. The highest BCUT2D eigenvalue weighted by Gasteiger charge is 2.27. The third-order valence-corrected chi connectivity index (χ3v) is 4.18. The lowest BCUT2D eigenvalue weighted by Gasteiger charge is -2.39. The minimum Gasteiger partial charge on any atom is -0.329 e. The van der Waals surface area contributed by atoms with Gasteiger partial charge in [-0.3, -0.25) is 9.58 Å². The fraction of sp³-hybridized carbons (Fsp3) is 0.769. The first kappa shape index (κ1) is 15.5. The van der Waals surface area contributed by atoms with Gasteiger partial charge in [-0.1, -0.05) is 6.92 Å². The van der Waals surface area contributed by atoms with Gasteiger partial charge < -0.3 is 5.73 Å². The first-order valence-corrected chi connectivity index (χ1v) is 6.55. The van der Waals surface area contributed by atoms with Gasteiger partial charge in [-0.05, 0) is 32.2 Å². The van der Waals surface area contributed by atoms with Crippen molar-refractivity contribution in [2.45, 2.75) is 39.3 Å². The zero-order valence-electron chi connectivity index (χ0n) is 11.6. The van der Waals surface area contributed by atoms with Crippen LogP contribution in [0.5, 0.6) is 0 Å². The number of likely N-dealkylation sites (tertiary alicyclic amines) is 1. The van der Waals surface area contributed by atoms with E-state index in [4.69, 9.17) is 5.73 Å². The fourth-order valence-electron chi connectivity index (χ4n) is 2.83. The first-order chi connectivity index (χ1) is 8.13. The van der Waals surface area contributed by atoms with Gasteiger partial charge in [-0.2, -0.15) is 5.10 Å². The maximum atomic E-state index is 5.92. The molecule has 1 aromatic rings. The van der Waals surface area contributed by atoms with Crippen LogP contribution in [0.25, 0.3) is 0 Å². The highest BCUT2D eigenvalue weighted by Crippen LogP contribution is 2.24. The smallest absolute Gasteiger partial charge is 0.0537 e. The number of piperidine rings is 1. The second-order valence-electron chi connectivity index (χ2n) is 5.27. The summed E-state index contributed by atoms with van der Waals surface area (Å²) in [6.07, 6.45) is 4.59. The molecule has 0 bridgehead atoms. The molecule has 104 valence electrons. The molecule has 0 spiro atoms. The Balaban J connectivity index is 0.00000162. The average molecular weight is 273 g/mol. The van der Waals surface area contributed by atoms with Crippen LogP contribution in [0.15, 0.2) is 6.20 Å². The molecule has 0 aromatic carbocycles. The molecule has 2 unspecified atom stereocenters. The Kier molecular flexibility index (Phi) is 5.63. The van der Waals surface area contributed by atoms with Gasteiger partial charge in [0.25, 0.3) is 0 Å². The number of hydrogen-bond acceptors (Lipinski definition) is 3. The van der Waals surface area contributed by atoms with Crippen LogP contribution in [0.3, 0.4) is 0 Å². The van der Waals surface area contributed by atoms with Crippen LogP contribution in [-0.4, -0.2) is 33.8 Å². The van der Waals surface area contributed by atoms with E-state index in [0.29, 0.717) is 12.0 Å². The SMILES string of the molecule is Cc1c(CN2CCCC(C)C2CN)cnn1C.Cl. The van der Waals surface area contributed by atoms with Crippen LogP contribution in [-0.2, 0) is 13.6 Å². The third kappa shape index (κ3) is 3.05. The van der Waals surface area contributed by atoms with Gasteiger partial charge in [-0.15, -0.1) is 12.4 Å². The molecule has 2 atom stereocenters.